The number of nitrogens with one attached hydrogen (secondary N) is 2. The average molecular weight is 362 g/mol. The number of nitrogens with zero attached hydrogens (tertiary/aromatic N) is 2. The van der Waals surface area contributed by atoms with E-state index in [4.69, 9.17) is 0 Å². The summed E-state index contributed by atoms with van der Waals surface area (Å²) in [6, 6.07) is 13.2. The molecule has 0 aliphatic heterocycles. The number of aromatic nitrogens is 2. The van der Waals surface area contributed by atoms with E-state index in [-0.39, 0.29) is 11.8 Å². The monoisotopic (exact) mass is 362 g/mol. The van der Waals surface area contributed by atoms with Crippen LogP contribution in [0.15, 0.2) is 55.1 Å². The molecule has 0 saturated heterocycles. The normalized spacial score (nSPS) is 10.6. The third-order valence-corrected chi connectivity index (χ3v) is 4.37. The van der Waals surface area contributed by atoms with E-state index in [1.165, 1.54) is 6.08 Å². The number of benzene rings is 2. The predicted octanol–water partition coefficient (Wildman–Crippen LogP) is 3.58. The van der Waals surface area contributed by atoms with Crippen LogP contribution < -0.4 is 10.6 Å². The topological polar surface area (TPSA) is 76.0 Å². The third-order valence-electron chi connectivity index (χ3n) is 4.37. The van der Waals surface area contributed by atoms with E-state index in [9.17, 15) is 9.59 Å². The van der Waals surface area contributed by atoms with Gasteiger partial charge < -0.3 is 10.6 Å². The van der Waals surface area contributed by atoms with Crippen LogP contribution in [0.4, 0.5) is 11.4 Å². The van der Waals surface area contributed by atoms with Crippen molar-refractivity contribution in [1.29, 1.82) is 0 Å². The summed E-state index contributed by atoms with van der Waals surface area (Å²) in [5, 5.41) is 11.1. The van der Waals surface area contributed by atoms with Crippen molar-refractivity contribution in [3.63, 3.8) is 0 Å². The Morgan fingerprint density at radius 1 is 1.11 bits per heavy atom. The second-order valence-corrected chi connectivity index (χ2v) is 6.38. The van der Waals surface area contributed by atoms with Gasteiger partial charge in [-0.15, -0.1) is 0 Å². The highest BCUT2D eigenvalue weighted by atomic mass is 16.2. The lowest BCUT2D eigenvalue weighted by Gasteiger charge is -2.07. The van der Waals surface area contributed by atoms with Crippen molar-refractivity contribution >= 4 is 34.1 Å². The predicted molar refractivity (Wildman–Crippen MR) is 108 cm³/mol. The fraction of sp³-hybridized carbons (Fsp3) is 0.190. The minimum atomic E-state index is -0.247. The minimum Gasteiger partial charge on any atom is -0.326 e. The molecular weight excluding hydrogens is 340 g/mol. The maximum atomic E-state index is 12.3. The Labute approximate surface area is 157 Å². The van der Waals surface area contributed by atoms with Gasteiger partial charge in [0.1, 0.15) is 0 Å². The molecule has 0 radical (unpaired) electrons. The average Bonchev–Trinajstić information content (AvgIpc) is 2.94. The molecule has 138 valence electrons. The number of aryl methyl sites for hydroxylation is 3. The molecule has 3 aromatic rings. The summed E-state index contributed by atoms with van der Waals surface area (Å²) in [6.07, 6.45) is 2.22. The first-order valence-electron chi connectivity index (χ1n) is 8.72. The zero-order valence-corrected chi connectivity index (χ0v) is 15.5. The molecule has 1 aromatic heterocycles. The van der Waals surface area contributed by atoms with Crippen LogP contribution in [0.25, 0.3) is 10.9 Å². The molecule has 27 heavy (non-hydrogen) atoms. The number of anilines is 2. The highest BCUT2D eigenvalue weighted by molar-refractivity contribution is 5.98. The highest BCUT2D eigenvalue weighted by Gasteiger charge is 2.08. The summed E-state index contributed by atoms with van der Waals surface area (Å²) in [5.74, 6) is -0.292. The first-order valence-corrected chi connectivity index (χ1v) is 8.72. The number of amides is 2. The van der Waals surface area contributed by atoms with Gasteiger partial charge in [0.05, 0.1) is 11.2 Å². The van der Waals surface area contributed by atoms with E-state index >= 15 is 0 Å². The molecule has 0 aliphatic rings. The number of fused-ring (bicyclic) bond motifs is 1. The van der Waals surface area contributed by atoms with Gasteiger partial charge in [0.25, 0.3) is 0 Å². The van der Waals surface area contributed by atoms with Crippen molar-refractivity contribution in [2.45, 2.75) is 19.8 Å². The van der Waals surface area contributed by atoms with E-state index in [2.05, 4.69) is 22.3 Å². The van der Waals surface area contributed by atoms with Crippen molar-refractivity contribution < 1.29 is 9.59 Å². The molecule has 2 amide bonds. The largest absolute Gasteiger partial charge is 0.326 e. The van der Waals surface area contributed by atoms with Gasteiger partial charge in [-0.1, -0.05) is 18.7 Å². The van der Waals surface area contributed by atoms with E-state index in [1.54, 1.807) is 0 Å². The van der Waals surface area contributed by atoms with Crippen molar-refractivity contribution in [2.75, 3.05) is 10.6 Å². The van der Waals surface area contributed by atoms with Crippen molar-refractivity contribution in [3.05, 3.63) is 66.4 Å². The molecule has 2 aromatic carbocycles. The Bertz CT molecular complexity index is 1000. The quantitative estimate of drug-likeness (QED) is 0.658. The fourth-order valence-electron chi connectivity index (χ4n) is 2.95. The summed E-state index contributed by atoms with van der Waals surface area (Å²) < 4.78 is 1.81. The number of carbonyl (C=O) groups is 2. The van der Waals surface area contributed by atoms with E-state index < -0.39 is 0 Å². The van der Waals surface area contributed by atoms with Gasteiger partial charge in [0, 0.05) is 30.2 Å². The van der Waals surface area contributed by atoms with Crippen molar-refractivity contribution in [1.82, 2.24) is 9.78 Å². The van der Waals surface area contributed by atoms with Gasteiger partial charge >= 0.3 is 0 Å². The van der Waals surface area contributed by atoms with Crippen LogP contribution in [0, 0.1) is 6.92 Å². The molecule has 6 heteroatoms. The lowest BCUT2D eigenvalue weighted by atomic mass is 10.1. The van der Waals surface area contributed by atoms with Gasteiger partial charge in [-0.05, 0) is 55.3 Å². The smallest absolute Gasteiger partial charge is 0.247 e. The van der Waals surface area contributed by atoms with Crippen LogP contribution in [0.3, 0.4) is 0 Å². The molecule has 6 nitrogen and oxygen atoms in total. The fourth-order valence-corrected chi connectivity index (χ4v) is 2.95. The van der Waals surface area contributed by atoms with Crippen LogP contribution in [0.5, 0.6) is 0 Å². The summed E-state index contributed by atoms with van der Waals surface area (Å²) in [4.78, 5) is 23.5. The highest BCUT2D eigenvalue weighted by Crippen LogP contribution is 2.21. The number of hydrogen-bond acceptors (Lipinski definition) is 3. The standard InChI is InChI=1S/C21H22N4O2/c1-4-20(26)22-16-8-5-15(6-9-16)7-12-21(27)23-17-10-11-18-14(2)24-25(3)19(18)13-17/h4-6,8-11,13H,1,7,12H2,2-3H3,(H,22,26)(H,23,27). The van der Waals surface area contributed by atoms with Gasteiger partial charge in [-0.25, -0.2) is 0 Å². The third kappa shape index (κ3) is 4.41. The summed E-state index contributed by atoms with van der Waals surface area (Å²) in [6.45, 7) is 5.39. The molecule has 0 atom stereocenters. The van der Waals surface area contributed by atoms with Crippen LogP contribution in [0.2, 0.25) is 0 Å². The molecule has 0 bridgehead atoms. The molecule has 1 heterocycles. The van der Waals surface area contributed by atoms with Crippen LogP contribution >= 0.6 is 0 Å². The van der Waals surface area contributed by atoms with Crippen LogP contribution in [-0.4, -0.2) is 21.6 Å². The molecule has 3 rings (SSSR count). The molecule has 0 fully saturated rings. The molecule has 0 spiro atoms. The van der Waals surface area contributed by atoms with Crippen molar-refractivity contribution in [3.8, 4) is 0 Å². The van der Waals surface area contributed by atoms with Gasteiger partial charge in [-0.3, -0.25) is 14.3 Å². The number of hydrogen-bond donors (Lipinski definition) is 2. The van der Waals surface area contributed by atoms with E-state index in [0.29, 0.717) is 18.5 Å². The molecule has 2 N–H and O–H groups in total. The Morgan fingerprint density at radius 3 is 2.52 bits per heavy atom. The second kappa shape index (κ2) is 7.86. The molecule has 0 unspecified atom stereocenters. The van der Waals surface area contributed by atoms with E-state index in [0.717, 1.165) is 27.8 Å². The Kier molecular flexibility index (Phi) is 5.35. The Hall–Kier alpha value is -3.41. The summed E-state index contributed by atoms with van der Waals surface area (Å²) in [5.41, 5.74) is 4.45. The number of rotatable bonds is 6. The van der Waals surface area contributed by atoms with Crippen molar-refractivity contribution in [2.24, 2.45) is 7.05 Å². The first kappa shape index (κ1) is 18.4. The summed E-state index contributed by atoms with van der Waals surface area (Å²) >= 11 is 0. The van der Waals surface area contributed by atoms with Gasteiger partial charge in [0.2, 0.25) is 11.8 Å². The molecular formula is C21H22N4O2. The first-order chi connectivity index (χ1) is 13.0. The second-order valence-electron chi connectivity index (χ2n) is 6.38. The Balaban J connectivity index is 1.57. The lowest BCUT2D eigenvalue weighted by molar-refractivity contribution is -0.116. The van der Waals surface area contributed by atoms with Gasteiger partial charge in [0.15, 0.2) is 0 Å². The maximum absolute atomic E-state index is 12.3. The van der Waals surface area contributed by atoms with Gasteiger partial charge in [-0.2, -0.15) is 5.10 Å². The molecule has 0 saturated carbocycles. The minimum absolute atomic E-state index is 0.0442. The van der Waals surface area contributed by atoms with Crippen LogP contribution in [0.1, 0.15) is 17.7 Å². The number of carbonyl (C=O) groups excluding carboxylic acids is 2. The zero-order chi connectivity index (χ0) is 19.4. The summed E-state index contributed by atoms with van der Waals surface area (Å²) in [7, 11) is 1.89. The lowest BCUT2D eigenvalue weighted by Crippen LogP contribution is -2.12. The SMILES string of the molecule is C=CC(=O)Nc1ccc(CCC(=O)Nc2ccc3c(C)nn(C)c3c2)cc1. The molecule has 0 aliphatic carbocycles. The van der Waals surface area contributed by atoms with E-state index in [1.807, 2.05) is 61.1 Å². The van der Waals surface area contributed by atoms with Crippen LogP contribution in [-0.2, 0) is 23.1 Å². The maximum Gasteiger partial charge on any atom is 0.247 e. The Morgan fingerprint density at radius 2 is 1.81 bits per heavy atom. The zero-order valence-electron chi connectivity index (χ0n) is 15.5.